The summed E-state index contributed by atoms with van der Waals surface area (Å²) in [6.07, 6.45) is 7.89. The van der Waals surface area contributed by atoms with Gasteiger partial charge in [0.1, 0.15) is 0 Å². The second-order valence-electron chi connectivity index (χ2n) is 7.62. The minimum Gasteiger partial charge on any atom is -0.619 e. The molecule has 2 N–H and O–H groups in total. The highest BCUT2D eigenvalue weighted by molar-refractivity contribution is 5.92. The molecule has 1 aliphatic carbocycles. The van der Waals surface area contributed by atoms with Gasteiger partial charge in [0.15, 0.2) is 12.0 Å². The van der Waals surface area contributed by atoms with E-state index in [2.05, 4.69) is 51.6 Å². The van der Waals surface area contributed by atoms with E-state index in [1.807, 2.05) is 0 Å². The van der Waals surface area contributed by atoms with Crippen molar-refractivity contribution >= 4 is 22.6 Å². The van der Waals surface area contributed by atoms with Gasteiger partial charge in [-0.1, -0.05) is 12.1 Å². The molecule has 0 unspecified atom stereocenters. The zero-order valence-corrected chi connectivity index (χ0v) is 15.1. The number of aromatic nitrogens is 3. The van der Waals surface area contributed by atoms with Gasteiger partial charge in [0.2, 0.25) is 12.1 Å². The van der Waals surface area contributed by atoms with E-state index in [1.165, 1.54) is 40.6 Å². The highest BCUT2D eigenvalue weighted by atomic mass is 16.5. The number of nitrogens with one attached hydrogen (secondary N) is 2. The van der Waals surface area contributed by atoms with Gasteiger partial charge in [-0.05, 0) is 37.1 Å². The molecule has 3 atom stereocenters. The van der Waals surface area contributed by atoms with Crippen molar-refractivity contribution < 1.29 is 9.52 Å². The van der Waals surface area contributed by atoms with Crippen LogP contribution in [0.2, 0.25) is 0 Å². The number of piperidine rings is 1. The van der Waals surface area contributed by atoms with Crippen LogP contribution < -0.4 is 10.0 Å². The summed E-state index contributed by atoms with van der Waals surface area (Å²) >= 11 is 0. The van der Waals surface area contributed by atoms with Crippen molar-refractivity contribution in [1.82, 2.24) is 14.9 Å². The van der Waals surface area contributed by atoms with Crippen LogP contribution in [0.3, 0.4) is 0 Å². The highest BCUT2D eigenvalue weighted by Gasteiger charge is 2.41. The number of carbonyl (C=O) groups excluding carboxylic acids is 1. The maximum atomic E-state index is 12.8. The summed E-state index contributed by atoms with van der Waals surface area (Å²) in [5.41, 5.74) is 3.87. The lowest BCUT2D eigenvalue weighted by molar-refractivity contribution is -0.605. The van der Waals surface area contributed by atoms with E-state index in [4.69, 9.17) is 0 Å². The lowest BCUT2D eigenvalue weighted by Gasteiger charge is -2.45. The first-order valence-electron chi connectivity index (χ1n) is 9.25. The summed E-state index contributed by atoms with van der Waals surface area (Å²) in [5, 5.41) is 15.5. The number of nitrogens with zero attached hydrogens (tertiary/aromatic N) is 3. The number of rotatable bonds is 2. The first-order valence-corrected chi connectivity index (χ1v) is 9.25. The van der Waals surface area contributed by atoms with Crippen LogP contribution in [0.4, 0.5) is 5.82 Å². The van der Waals surface area contributed by atoms with Crippen molar-refractivity contribution in [2.75, 3.05) is 18.9 Å². The van der Waals surface area contributed by atoms with E-state index in [0.717, 1.165) is 12.8 Å². The first-order chi connectivity index (χ1) is 13.1. The van der Waals surface area contributed by atoms with Gasteiger partial charge < -0.3 is 20.4 Å². The average molecular weight is 363 g/mol. The molecular formula is C20H21N5O2. The van der Waals surface area contributed by atoms with Gasteiger partial charge in [-0.2, -0.15) is 4.73 Å². The quantitative estimate of drug-likeness (QED) is 0.537. The van der Waals surface area contributed by atoms with Crippen molar-refractivity contribution in [3.05, 3.63) is 59.3 Å². The third-order valence-corrected chi connectivity index (χ3v) is 6.02. The maximum Gasteiger partial charge on any atom is 0.230 e. The number of carbonyl (C=O) groups is 1. The van der Waals surface area contributed by atoms with Crippen LogP contribution in [-0.4, -0.2) is 40.4 Å². The number of likely N-dealkylation sites (tertiary alicyclic amines) is 1. The van der Waals surface area contributed by atoms with Crippen LogP contribution in [0, 0.1) is 11.1 Å². The molecule has 1 aromatic carbocycles. The van der Waals surface area contributed by atoms with Gasteiger partial charge in [-0.25, -0.2) is 4.98 Å². The number of anilines is 1. The Balaban J connectivity index is 1.43. The second-order valence-corrected chi connectivity index (χ2v) is 7.62. The Morgan fingerprint density at radius 1 is 1.44 bits per heavy atom. The molecular weight excluding hydrogens is 342 g/mol. The molecule has 0 spiro atoms. The lowest BCUT2D eigenvalue weighted by Crippen LogP contribution is -2.50. The molecule has 5 rings (SSSR count). The summed E-state index contributed by atoms with van der Waals surface area (Å²) in [6, 6.07) is 6.80. The molecule has 1 saturated heterocycles. The number of aromatic amines is 1. The van der Waals surface area contributed by atoms with Crippen molar-refractivity contribution in [3.63, 3.8) is 0 Å². The summed E-state index contributed by atoms with van der Waals surface area (Å²) in [7, 11) is 2.10. The molecule has 138 valence electrons. The Labute approximate surface area is 156 Å². The van der Waals surface area contributed by atoms with Gasteiger partial charge in [-0.15, -0.1) is 0 Å². The normalized spacial score (nSPS) is 24.6. The standard InChI is InChI=1S/C20H21N5O2/c1-24-10-13(20(26)23-18-11-25(27)6-5-21-18)7-15-14-3-2-4-16-19(14)12(9-22-16)8-17(15)24/h2-6,9,11,13,15,17,22H,7-8,10H2,1H3,(H,21,23,26)/t13-,15-,17-/m1/s1. The predicted molar refractivity (Wildman–Crippen MR) is 101 cm³/mol. The smallest absolute Gasteiger partial charge is 0.230 e. The average Bonchev–Trinajstić information content (AvgIpc) is 3.07. The Hall–Kier alpha value is -2.93. The molecule has 3 aromatic rings. The number of hydrogen-bond donors (Lipinski definition) is 2. The van der Waals surface area contributed by atoms with Crippen molar-refractivity contribution in [2.24, 2.45) is 5.92 Å². The van der Waals surface area contributed by atoms with Gasteiger partial charge in [0.25, 0.3) is 0 Å². The lowest BCUT2D eigenvalue weighted by atomic mass is 9.72. The molecule has 1 fully saturated rings. The Morgan fingerprint density at radius 3 is 3.19 bits per heavy atom. The van der Waals surface area contributed by atoms with Crippen LogP contribution in [0.15, 0.2) is 43.0 Å². The van der Waals surface area contributed by atoms with Crippen LogP contribution in [0.25, 0.3) is 10.9 Å². The van der Waals surface area contributed by atoms with E-state index in [1.54, 1.807) is 0 Å². The predicted octanol–water partition coefficient (Wildman–Crippen LogP) is 1.79. The Morgan fingerprint density at radius 2 is 2.33 bits per heavy atom. The van der Waals surface area contributed by atoms with E-state index < -0.39 is 0 Å². The topological polar surface area (TPSA) is 88.0 Å². The zero-order chi connectivity index (χ0) is 18.5. The third kappa shape index (κ3) is 2.66. The SMILES string of the molecule is CN1C[C@H](C(=O)Nc2c[n+]([O-])ccn2)C[C@@H]2c3cccc4[nH]cc(c34)C[C@H]21. The largest absolute Gasteiger partial charge is 0.619 e. The number of hydrogen-bond acceptors (Lipinski definition) is 4. The van der Waals surface area contributed by atoms with Gasteiger partial charge in [-0.3, -0.25) is 4.79 Å². The fraction of sp³-hybridized carbons (Fsp3) is 0.350. The molecule has 0 saturated carbocycles. The van der Waals surface area contributed by atoms with Gasteiger partial charge in [0.05, 0.1) is 12.1 Å². The molecule has 1 aliphatic heterocycles. The number of fused-ring (bicyclic) bond motifs is 2. The molecule has 2 aromatic heterocycles. The molecule has 7 nitrogen and oxygen atoms in total. The Bertz CT molecular complexity index is 1030. The monoisotopic (exact) mass is 363 g/mol. The fourth-order valence-electron chi connectivity index (χ4n) is 4.80. The van der Waals surface area contributed by atoms with E-state index in [9.17, 15) is 10.0 Å². The number of H-pyrrole nitrogens is 1. The maximum absolute atomic E-state index is 12.8. The van der Waals surface area contributed by atoms with Gasteiger partial charge >= 0.3 is 0 Å². The van der Waals surface area contributed by atoms with Crippen LogP contribution >= 0.6 is 0 Å². The van der Waals surface area contributed by atoms with Crippen molar-refractivity contribution in [2.45, 2.75) is 24.8 Å². The van der Waals surface area contributed by atoms with E-state index in [0.29, 0.717) is 29.1 Å². The number of amides is 1. The van der Waals surface area contributed by atoms with Crippen molar-refractivity contribution in [1.29, 1.82) is 0 Å². The minimum absolute atomic E-state index is 0.0777. The summed E-state index contributed by atoms with van der Waals surface area (Å²) in [6.45, 7) is 0.701. The van der Waals surface area contributed by atoms with E-state index >= 15 is 0 Å². The number of likely N-dealkylation sites (N-methyl/N-ethyl adjacent to an activating group) is 1. The van der Waals surface area contributed by atoms with Gasteiger partial charge in [0, 0.05) is 35.6 Å². The molecule has 2 aliphatic rings. The molecule has 0 bridgehead atoms. The summed E-state index contributed by atoms with van der Waals surface area (Å²) in [5.74, 6) is 0.390. The molecule has 3 heterocycles. The third-order valence-electron chi connectivity index (χ3n) is 6.02. The molecule has 1 amide bonds. The fourth-order valence-corrected chi connectivity index (χ4v) is 4.80. The van der Waals surface area contributed by atoms with Crippen LogP contribution in [0.5, 0.6) is 0 Å². The highest BCUT2D eigenvalue weighted by Crippen LogP contribution is 2.44. The first kappa shape index (κ1) is 16.3. The molecule has 0 radical (unpaired) electrons. The summed E-state index contributed by atoms with van der Waals surface area (Å²) in [4.78, 5) is 22.6. The van der Waals surface area contributed by atoms with Crippen molar-refractivity contribution in [3.8, 4) is 0 Å². The summed E-state index contributed by atoms with van der Waals surface area (Å²) < 4.78 is 0.640. The molecule has 7 heteroatoms. The van der Waals surface area contributed by atoms with Crippen LogP contribution in [-0.2, 0) is 11.2 Å². The van der Waals surface area contributed by atoms with E-state index in [-0.39, 0.29) is 11.8 Å². The second kappa shape index (κ2) is 6.06. The molecule has 27 heavy (non-hydrogen) atoms. The Kier molecular flexibility index (Phi) is 3.65. The minimum atomic E-state index is -0.144. The van der Waals surface area contributed by atoms with Crippen LogP contribution in [0.1, 0.15) is 23.5 Å². The zero-order valence-electron chi connectivity index (χ0n) is 15.1. The number of benzene rings is 1.